The number of phenolic OH excluding ortho intramolecular Hbond substituents is 1. The van der Waals surface area contributed by atoms with Gasteiger partial charge in [-0.25, -0.2) is 0 Å². The molecule has 2 N–H and O–H groups in total. The first-order valence-electron chi connectivity index (χ1n) is 11.0. The van der Waals surface area contributed by atoms with E-state index < -0.39 is 23.3 Å². The Morgan fingerprint density at radius 2 is 1.94 bits per heavy atom. The Balaban J connectivity index is 0.00000289. The van der Waals surface area contributed by atoms with Crippen LogP contribution in [-0.4, -0.2) is 74.1 Å². The molecule has 0 spiro atoms. The van der Waals surface area contributed by atoms with Crippen molar-refractivity contribution in [3.05, 3.63) is 47.2 Å². The number of allylic oxidation sites excluding steroid dienone is 1. The molecule has 0 bridgehead atoms. The van der Waals surface area contributed by atoms with Gasteiger partial charge in [-0.1, -0.05) is 0 Å². The molecule has 1 aliphatic carbocycles. The number of rotatable bonds is 7. The van der Waals surface area contributed by atoms with Gasteiger partial charge in [-0.3, -0.25) is 19.3 Å². The van der Waals surface area contributed by atoms with E-state index in [-0.39, 0.29) is 58.6 Å². The van der Waals surface area contributed by atoms with Gasteiger partial charge in [0.15, 0.2) is 0 Å². The van der Waals surface area contributed by atoms with Gasteiger partial charge < -0.3 is 25.2 Å². The number of nitrogens with zero attached hydrogens (tertiary/aromatic N) is 2. The molecule has 2 atom stereocenters. The summed E-state index contributed by atoms with van der Waals surface area (Å²) in [5, 5.41) is 23.4. The predicted octanol–water partition coefficient (Wildman–Crippen LogP) is -2.79. The molecule has 0 radical (unpaired) electrons. The number of thioether (sulfide) groups is 2. The summed E-state index contributed by atoms with van der Waals surface area (Å²) < 4.78 is 0. The zero-order valence-corrected chi connectivity index (χ0v) is 22.7. The normalized spacial score (nSPS) is 24.7. The zero-order chi connectivity index (χ0) is 24.0. The van der Waals surface area contributed by atoms with Crippen molar-refractivity contribution in [3.63, 3.8) is 0 Å². The number of carboxylic acid groups (broad SMARTS) is 1. The van der Waals surface area contributed by atoms with E-state index in [2.05, 4.69) is 5.32 Å². The summed E-state index contributed by atoms with van der Waals surface area (Å²) in [6.07, 6.45) is 4.17. The molecule has 3 aliphatic heterocycles. The fourth-order valence-electron chi connectivity index (χ4n) is 4.36. The van der Waals surface area contributed by atoms with Gasteiger partial charge in [0.2, 0.25) is 11.8 Å². The third-order valence-corrected chi connectivity index (χ3v) is 8.52. The second-order valence-corrected chi connectivity index (χ2v) is 10.7. The first-order valence-corrected chi connectivity index (χ1v) is 13.0. The standard InChI is InChI=1S/C23H23N3O6S2.Na/c27-15-3-5-16(6-4-15)33-11-17(28)24-18-21(30)26-19(23(31)32)13(10-34-22(18)26)9-12-7-8-25(20(12)29)14-1-2-14;/h3-6,9,14,18,22,27H,1-2,7-8,10-11H2,(H,24,28)(H,31,32);/q;+1/p-1/b12-9+;/t18-,22-;/m1./s1. The van der Waals surface area contributed by atoms with Crippen molar-refractivity contribution in [2.75, 3.05) is 18.1 Å². The van der Waals surface area contributed by atoms with E-state index in [1.54, 1.807) is 18.2 Å². The van der Waals surface area contributed by atoms with Gasteiger partial charge in [0.05, 0.1) is 17.4 Å². The number of carbonyl (C=O) groups is 4. The first-order chi connectivity index (χ1) is 16.3. The summed E-state index contributed by atoms with van der Waals surface area (Å²) in [6, 6.07) is 5.90. The Hall–Kier alpha value is -1.92. The van der Waals surface area contributed by atoms with E-state index in [1.807, 2.05) is 4.90 Å². The quantitative estimate of drug-likeness (QED) is 0.170. The van der Waals surface area contributed by atoms with Crippen LogP contribution in [0.3, 0.4) is 0 Å². The van der Waals surface area contributed by atoms with Crippen LogP contribution in [0.15, 0.2) is 52.1 Å². The van der Waals surface area contributed by atoms with Crippen molar-refractivity contribution in [1.82, 2.24) is 15.1 Å². The summed E-state index contributed by atoms with van der Waals surface area (Å²) in [7, 11) is 0. The summed E-state index contributed by atoms with van der Waals surface area (Å²) in [6.45, 7) is 0.637. The van der Waals surface area contributed by atoms with Gasteiger partial charge in [-0.05, 0) is 55.2 Å². The number of benzene rings is 1. The molecule has 1 aromatic rings. The second kappa shape index (κ2) is 10.6. The van der Waals surface area contributed by atoms with Gasteiger partial charge >= 0.3 is 29.6 Å². The third-order valence-electron chi connectivity index (χ3n) is 6.21. The number of aliphatic carboxylic acids is 1. The molecule has 178 valence electrons. The monoisotopic (exact) mass is 523 g/mol. The fraction of sp³-hybridized carbons (Fsp3) is 0.391. The minimum atomic E-state index is -1.47. The molecule has 0 unspecified atom stereocenters. The molecule has 9 nitrogen and oxygen atoms in total. The summed E-state index contributed by atoms with van der Waals surface area (Å²) in [5.74, 6) is -1.88. The van der Waals surface area contributed by atoms with Crippen LogP contribution in [0.5, 0.6) is 5.75 Å². The molecular formula is C23H22N3NaO6S2. The van der Waals surface area contributed by atoms with E-state index in [4.69, 9.17) is 0 Å². The van der Waals surface area contributed by atoms with Crippen LogP contribution in [0.1, 0.15) is 19.3 Å². The van der Waals surface area contributed by atoms with Gasteiger partial charge in [-0.2, -0.15) is 0 Å². The molecule has 1 aromatic carbocycles. The van der Waals surface area contributed by atoms with Crippen molar-refractivity contribution >= 4 is 47.2 Å². The molecule has 12 heteroatoms. The second-order valence-electron chi connectivity index (χ2n) is 8.55. The van der Waals surface area contributed by atoms with Crippen LogP contribution >= 0.6 is 23.5 Å². The average molecular weight is 524 g/mol. The minimum absolute atomic E-state index is 0. The molecular weight excluding hydrogens is 501 g/mol. The zero-order valence-electron chi connectivity index (χ0n) is 19.1. The molecule has 1 saturated carbocycles. The number of likely N-dealkylation sites (tertiary alicyclic amines) is 1. The van der Waals surface area contributed by atoms with Crippen molar-refractivity contribution in [1.29, 1.82) is 0 Å². The third kappa shape index (κ3) is 5.29. The molecule has 4 aliphatic rings. The Kier molecular flexibility index (Phi) is 7.92. The summed E-state index contributed by atoms with van der Waals surface area (Å²) in [4.78, 5) is 53.6. The Labute approximate surface area is 232 Å². The summed E-state index contributed by atoms with van der Waals surface area (Å²) in [5.41, 5.74) is 0.731. The Morgan fingerprint density at radius 1 is 1.23 bits per heavy atom. The maximum Gasteiger partial charge on any atom is 1.00 e. The van der Waals surface area contributed by atoms with Gasteiger partial charge in [0, 0.05) is 28.8 Å². The maximum absolute atomic E-state index is 12.8. The number of phenols is 1. The van der Waals surface area contributed by atoms with Gasteiger partial charge in [-0.15, -0.1) is 23.5 Å². The maximum atomic E-state index is 12.8. The first kappa shape index (κ1) is 26.2. The number of fused-ring (bicyclic) bond motifs is 1. The number of carbonyl (C=O) groups excluding carboxylic acids is 4. The Morgan fingerprint density at radius 3 is 2.60 bits per heavy atom. The SMILES string of the molecule is O=C(CSc1ccc(O)cc1)N[C@@H]1C(=O)N2C(C(=O)[O-])=C(/C=C3\CCN(C4CC4)C3=O)CS[C@H]12.[Na+]. The van der Waals surface area contributed by atoms with Crippen LogP contribution in [0.4, 0.5) is 0 Å². The fourth-order valence-corrected chi connectivity index (χ4v) is 6.38. The number of hydrogen-bond acceptors (Lipinski definition) is 8. The number of amides is 3. The molecule has 35 heavy (non-hydrogen) atoms. The molecule has 2 saturated heterocycles. The average Bonchev–Trinajstić information content (AvgIpc) is 3.60. The smallest absolute Gasteiger partial charge is 0.543 e. The molecule has 5 rings (SSSR count). The largest absolute Gasteiger partial charge is 1.00 e. The number of aromatic hydroxyl groups is 1. The van der Waals surface area contributed by atoms with Crippen LogP contribution in [0, 0.1) is 0 Å². The minimum Gasteiger partial charge on any atom is -0.543 e. The van der Waals surface area contributed by atoms with E-state index in [1.165, 1.54) is 35.7 Å². The van der Waals surface area contributed by atoms with Crippen molar-refractivity contribution in [2.45, 2.75) is 41.6 Å². The van der Waals surface area contributed by atoms with Crippen molar-refractivity contribution in [3.8, 4) is 5.75 Å². The van der Waals surface area contributed by atoms with Crippen LogP contribution in [0.25, 0.3) is 0 Å². The predicted molar refractivity (Wildman–Crippen MR) is 123 cm³/mol. The van der Waals surface area contributed by atoms with E-state index in [0.29, 0.717) is 35.9 Å². The van der Waals surface area contributed by atoms with E-state index >= 15 is 0 Å². The van der Waals surface area contributed by atoms with Gasteiger partial charge in [0.1, 0.15) is 17.2 Å². The van der Waals surface area contributed by atoms with Crippen LogP contribution in [0.2, 0.25) is 0 Å². The van der Waals surface area contributed by atoms with Gasteiger partial charge in [0.25, 0.3) is 5.91 Å². The number of hydrogen-bond donors (Lipinski definition) is 2. The topological polar surface area (TPSA) is 130 Å². The number of nitrogens with one attached hydrogen (secondary N) is 1. The van der Waals surface area contributed by atoms with E-state index in [9.17, 15) is 29.4 Å². The summed E-state index contributed by atoms with van der Waals surface area (Å²) >= 11 is 2.62. The van der Waals surface area contributed by atoms with E-state index in [0.717, 1.165) is 22.6 Å². The number of β-lactam (4-membered cyclic amide) rings is 1. The molecule has 3 fully saturated rings. The van der Waals surface area contributed by atoms with Crippen molar-refractivity contribution < 1.29 is 58.9 Å². The van der Waals surface area contributed by atoms with Crippen molar-refractivity contribution in [2.24, 2.45) is 0 Å². The Bertz CT molecular complexity index is 1130. The molecule has 3 amide bonds. The molecule has 0 aromatic heterocycles. The van der Waals surface area contributed by atoms with Crippen LogP contribution in [-0.2, 0) is 19.2 Å². The molecule has 3 heterocycles. The number of carboxylic acids is 1. The van der Waals surface area contributed by atoms with Crippen LogP contribution < -0.4 is 40.0 Å².